The molecule has 6 rings (SSSR count). The van der Waals surface area contributed by atoms with Gasteiger partial charge in [-0.05, 0) is 48.4 Å². The van der Waals surface area contributed by atoms with E-state index >= 15 is 0 Å². The molecule has 0 N–H and O–H groups in total. The van der Waals surface area contributed by atoms with Crippen molar-refractivity contribution in [2.75, 3.05) is 33.0 Å². The normalized spacial score (nSPS) is 16.2. The fourth-order valence-electron chi connectivity index (χ4n) is 4.40. The predicted molar refractivity (Wildman–Crippen MR) is 126 cm³/mol. The molecule has 0 radical (unpaired) electrons. The van der Waals surface area contributed by atoms with Crippen LogP contribution >= 0.6 is 11.3 Å². The summed E-state index contributed by atoms with van der Waals surface area (Å²) in [7, 11) is 0. The third kappa shape index (κ3) is 3.57. The molecular weight excluding hydrogens is 422 g/mol. The van der Waals surface area contributed by atoms with Gasteiger partial charge in [0.15, 0.2) is 11.5 Å². The number of ether oxygens (including phenoxy) is 2. The van der Waals surface area contributed by atoms with E-state index in [4.69, 9.17) is 14.5 Å². The summed E-state index contributed by atoms with van der Waals surface area (Å²) in [5, 5.41) is 2.15. The lowest BCUT2D eigenvalue weighted by molar-refractivity contribution is 0.0633. The van der Waals surface area contributed by atoms with Gasteiger partial charge in [0.05, 0.1) is 10.4 Å². The highest BCUT2D eigenvalue weighted by Gasteiger charge is 2.24. The maximum atomic E-state index is 13.2. The van der Waals surface area contributed by atoms with E-state index in [0.29, 0.717) is 6.79 Å². The quantitative estimate of drug-likeness (QED) is 0.467. The van der Waals surface area contributed by atoms with Crippen LogP contribution in [0.2, 0.25) is 0 Å². The molecule has 0 saturated carbocycles. The molecule has 0 bridgehead atoms. The van der Waals surface area contributed by atoms with Gasteiger partial charge in [0.1, 0.15) is 4.83 Å². The number of rotatable bonds is 3. The third-order valence-corrected chi connectivity index (χ3v) is 7.21. The van der Waals surface area contributed by atoms with Gasteiger partial charge in [-0.1, -0.05) is 18.2 Å². The van der Waals surface area contributed by atoms with Crippen molar-refractivity contribution in [1.29, 1.82) is 0 Å². The van der Waals surface area contributed by atoms with Gasteiger partial charge in [-0.15, -0.1) is 11.3 Å². The highest BCUT2D eigenvalue weighted by molar-refractivity contribution is 7.20. The van der Waals surface area contributed by atoms with Crippen LogP contribution in [0.5, 0.6) is 11.5 Å². The lowest BCUT2D eigenvalue weighted by Gasteiger charge is -2.34. The summed E-state index contributed by atoms with van der Waals surface area (Å²) < 4.78 is 10.9. The van der Waals surface area contributed by atoms with Crippen LogP contribution in [0.15, 0.2) is 48.5 Å². The van der Waals surface area contributed by atoms with Crippen LogP contribution in [0.25, 0.3) is 21.1 Å². The first-order valence-electron chi connectivity index (χ1n) is 10.8. The number of benzene rings is 2. The van der Waals surface area contributed by atoms with Gasteiger partial charge in [-0.2, -0.15) is 0 Å². The second-order valence-electron chi connectivity index (χ2n) is 8.45. The van der Waals surface area contributed by atoms with Crippen molar-refractivity contribution in [2.24, 2.45) is 0 Å². The van der Waals surface area contributed by atoms with Crippen LogP contribution in [0, 0.1) is 6.92 Å². The number of carbonyl (C=O) groups excluding carboxylic acids is 1. The smallest absolute Gasteiger partial charge is 0.264 e. The number of aromatic nitrogens is 1. The maximum Gasteiger partial charge on any atom is 0.264 e. The minimum atomic E-state index is 0.107. The highest BCUT2D eigenvalue weighted by atomic mass is 32.1. The lowest BCUT2D eigenvalue weighted by atomic mass is 10.1. The summed E-state index contributed by atoms with van der Waals surface area (Å²) in [6.45, 7) is 6.37. The van der Waals surface area contributed by atoms with Crippen molar-refractivity contribution in [3.8, 4) is 11.5 Å². The van der Waals surface area contributed by atoms with Gasteiger partial charge in [-0.3, -0.25) is 9.69 Å². The molecule has 1 amide bonds. The van der Waals surface area contributed by atoms with E-state index < -0.39 is 0 Å². The molecule has 6 nitrogen and oxygen atoms in total. The summed E-state index contributed by atoms with van der Waals surface area (Å²) in [5.74, 6) is 1.73. The van der Waals surface area contributed by atoms with Crippen molar-refractivity contribution in [3.05, 3.63) is 64.5 Å². The third-order valence-electron chi connectivity index (χ3n) is 6.17. The Hall–Kier alpha value is -3.16. The molecule has 7 heteroatoms. The number of hydrogen-bond donors (Lipinski definition) is 0. The Morgan fingerprint density at radius 2 is 1.81 bits per heavy atom. The number of fused-ring (bicyclic) bond motifs is 3. The summed E-state index contributed by atoms with van der Waals surface area (Å²) >= 11 is 1.49. The molecule has 32 heavy (non-hydrogen) atoms. The van der Waals surface area contributed by atoms with Gasteiger partial charge in [-0.25, -0.2) is 4.98 Å². The van der Waals surface area contributed by atoms with Gasteiger partial charge in [0.2, 0.25) is 6.79 Å². The van der Waals surface area contributed by atoms with E-state index in [1.807, 2.05) is 17.0 Å². The zero-order valence-corrected chi connectivity index (χ0v) is 18.7. The fraction of sp³-hybridized carbons (Fsp3) is 0.280. The maximum absolute atomic E-state index is 13.2. The average molecular weight is 446 g/mol. The Labute approximate surface area is 190 Å². The molecule has 0 unspecified atom stereocenters. The van der Waals surface area contributed by atoms with E-state index in [1.165, 1.54) is 22.5 Å². The van der Waals surface area contributed by atoms with E-state index in [9.17, 15) is 4.79 Å². The zero-order valence-electron chi connectivity index (χ0n) is 17.8. The first kappa shape index (κ1) is 19.5. The zero-order chi connectivity index (χ0) is 21.7. The minimum Gasteiger partial charge on any atom is -0.454 e. The number of carbonyl (C=O) groups is 1. The Balaban J connectivity index is 1.14. The van der Waals surface area contributed by atoms with Gasteiger partial charge < -0.3 is 14.4 Å². The number of piperazine rings is 1. The minimum absolute atomic E-state index is 0.107. The molecule has 0 atom stereocenters. The Kier molecular flexibility index (Phi) is 4.73. The van der Waals surface area contributed by atoms with Crippen LogP contribution < -0.4 is 9.47 Å². The second kappa shape index (κ2) is 7.76. The van der Waals surface area contributed by atoms with E-state index in [-0.39, 0.29) is 5.91 Å². The molecule has 2 aromatic carbocycles. The summed E-state index contributed by atoms with van der Waals surface area (Å²) in [6, 6.07) is 16.5. The number of aryl methyl sites for hydroxylation is 1. The van der Waals surface area contributed by atoms with Crippen LogP contribution in [0.3, 0.4) is 0 Å². The monoisotopic (exact) mass is 445 g/mol. The van der Waals surface area contributed by atoms with E-state index in [0.717, 1.165) is 70.2 Å². The first-order chi connectivity index (χ1) is 15.6. The van der Waals surface area contributed by atoms with E-state index in [1.54, 1.807) is 0 Å². The number of pyridine rings is 1. The average Bonchev–Trinajstić information content (AvgIpc) is 3.43. The van der Waals surface area contributed by atoms with Crippen molar-refractivity contribution >= 4 is 38.4 Å². The highest BCUT2D eigenvalue weighted by Crippen LogP contribution is 2.33. The summed E-state index contributed by atoms with van der Waals surface area (Å²) in [6.07, 6.45) is 0. The van der Waals surface area contributed by atoms with Gasteiger partial charge >= 0.3 is 0 Å². The Morgan fingerprint density at radius 1 is 0.969 bits per heavy atom. The number of hydrogen-bond acceptors (Lipinski definition) is 6. The largest absolute Gasteiger partial charge is 0.454 e. The van der Waals surface area contributed by atoms with Crippen LogP contribution in [-0.4, -0.2) is 53.7 Å². The molecule has 2 aliphatic heterocycles. The van der Waals surface area contributed by atoms with E-state index in [2.05, 4.69) is 48.2 Å². The number of nitrogens with zero attached hydrogens (tertiary/aromatic N) is 3. The van der Waals surface area contributed by atoms with Crippen LogP contribution in [0.1, 0.15) is 20.8 Å². The molecule has 1 saturated heterocycles. The van der Waals surface area contributed by atoms with Crippen molar-refractivity contribution in [2.45, 2.75) is 13.5 Å². The topological polar surface area (TPSA) is 54.9 Å². The molecule has 2 aliphatic rings. The lowest BCUT2D eigenvalue weighted by Crippen LogP contribution is -2.48. The molecule has 1 fully saturated rings. The number of amides is 1. The predicted octanol–water partition coefficient (Wildman–Crippen LogP) is 4.44. The molecule has 2 aromatic heterocycles. The molecule has 4 aromatic rings. The first-order valence-corrected chi connectivity index (χ1v) is 11.7. The van der Waals surface area contributed by atoms with Crippen LogP contribution in [-0.2, 0) is 6.54 Å². The fourth-order valence-corrected chi connectivity index (χ4v) is 5.39. The molecular formula is C25H23N3O3S. The molecule has 4 heterocycles. The van der Waals surface area contributed by atoms with Crippen molar-refractivity contribution < 1.29 is 14.3 Å². The second-order valence-corrected chi connectivity index (χ2v) is 9.48. The van der Waals surface area contributed by atoms with Crippen molar-refractivity contribution in [1.82, 2.24) is 14.8 Å². The standard InChI is InChI=1S/C25H23N3O3S/c1-16-2-4-18-12-19-13-23(32-24(19)26-20(18)10-16)25(29)28-8-6-27(7-9-28)14-17-3-5-21-22(11-17)31-15-30-21/h2-5,10-13H,6-9,14-15H2,1H3. The Bertz CT molecular complexity index is 1340. The molecule has 0 aliphatic carbocycles. The summed E-state index contributed by atoms with van der Waals surface area (Å²) in [5.41, 5.74) is 3.37. The number of thiophene rings is 1. The van der Waals surface area contributed by atoms with Crippen molar-refractivity contribution in [3.63, 3.8) is 0 Å². The molecule has 162 valence electrons. The molecule has 0 spiro atoms. The van der Waals surface area contributed by atoms with Crippen LogP contribution in [0.4, 0.5) is 0 Å². The Morgan fingerprint density at radius 3 is 2.69 bits per heavy atom. The summed E-state index contributed by atoms with van der Waals surface area (Å²) in [4.78, 5) is 24.0. The van der Waals surface area contributed by atoms with Gasteiger partial charge in [0.25, 0.3) is 5.91 Å². The van der Waals surface area contributed by atoms with Gasteiger partial charge in [0, 0.05) is 43.5 Å². The SMILES string of the molecule is Cc1ccc2cc3cc(C(=O)N4CCN(Cc5ccc6c(c5)OCO6)CC4)sc3nc2c1.